The number of likely N-dealkylation sites (N-methyl/N-ethyl adjacent to an activating group) is 1. The van der Waals surface area contributed by atoms with E-state index in [1.54, 1.807) is 0 Å². The highest BCUT2D eigenvalue weighted by atomic mass is 16.5. The molecule has 0 unspecified atom stereocenters. The van der Waals surface area contributed by atoms with E-state index in [0.29, 0.717) is 6.04 Å². The summed E-state index contributed by atoms with van der Waals surface area (Å²) in [5, 5.41) is 0. The van der Waals surface area contributed by atoms with Crippen LogP contribution in [-0.4, -0.2) is 43.3 Å². The number of hydrogen-bond acceptors (Lipinski definition) is 3. The monoisotopic (exact) mass is 184 g/mol. The number of ether oxygens (including phenoxy) is 1. The smallest absolute Gasteiger partial charge is 0.0823 e. The van der Waals surface area contributed by atoms with E-state index in [4.69, 9.17) is 10.5 Å². The van der Waals surface area contributed by atoms with Gasteiger partial charge in [0.1, 0.15) is 0 Å². The Balaban J connectivity index is 2.00. The normalized spacial score (nSPS) is 42.5. The van der Waals surface area contributed by atoms with Gasteiger partial charge >= 0.3 is 0 Å². The molecule has 0 aromatic rings. The van der Waals surface area contributed by atoms with Gasteiger partial charge in [0, 0.05) is 19.2 Å². The van der Waals surface area contributed by atoms with Crippen LogP contribution in [0.2, 0.25) is 0 Å². The van der Waals surface area contributed by atoms with Gasteiger partial charge in [0.2, 0.25) is 0 Å². The van der Waals surface area contributed by atoms with Crippen LogP contribution in [0.4, 0.5) is 0 Å². The maximum Gasteiger partial charge on any atom is 0.0823 e. The molecule has 3 heteroatoms. The third-order valence-electron chi connectivity index (χ3n) is 3.26. The van der Waals surface area contributed by atoms with Crippen molar-refractivity contribution in [3.63, 3.8) is 0 Å². The molecule has 2 fully saturated rings. The third-order valence-corrected chi connectivity index (χ3v) is 3.26. The zero-order chi connectivity index (χ0) is 9.31. The van der Waals surface area contributed by atoms with Gasteiger partial charge in [-0.3, -0.25) is 0 Å². The van der Waals surface area contributed by atoms with Crippen molar-refractivity contribution in [2.24, 2.45) is 5.73 Å². The summed E-state index contributed by atoms with van der Waals surface area (Å²) in [5.74, 6) is 0. The fourth-order valence-corrected chi connectivity index (χ4v) is 2.67. The Morgan fingerprint density at radius 2 is 2.38 bits per heavy atom. The van der Waals surface area contributed by atoms with Gasteiger partial charge in [-0.05, 0) is 39.3 Å². The zero-order valence-corrected chi connectivity index (χ0v) is 8.46. The molecule has 76 valence electrons. The number of hydrogen-bond donors (Lipinski definition) is 1. The summed E-state index contributed by atoms with van der Waals surface area (Å²) in [6, 6.07) is 0.361. The summed E-state index contributed by atoms with van der Waals surface area (Å²) in [6.45, 7) is 3.13. The lowest BCUT2D eigenvalue weighted by atomic mass is 9.84. The van der Waals surface area contributed by atoms with Gasteiger partial charge in [0.25, 0.3) is 0 Å². The van der Waals surface area contributed by atoms with Crippen LogP contribution in [0.15, 0.2) is 0 Å². The fraction of sp³-hybridized carbons (Fsp3) is 1.00. The Labute approximate surface area is 80.2 Å². The van der Waals surface area contributed by atoms with Crippen molar-refractivity contribution in [1.29, 1.82) is 0 Å². The van der Waals surface area contributed by atoms with Gasteiger partial charge in [-0.1, -0.05) is 0 Å². The lowest BCUT2D eigenvalue weighted by Gasteiger charge is -2.45. The van der Waals surface area contributed by atoms with Gasteiger partial charge in [0.05, 0.1) is 5.60 Å². The second kappa shape index (κ2) is 3.56. The average Bonchev–Trinajstić information content (AvgIpc) is 2.02. The molecule has 2 aliphatic heterocycles. The third kappa shape index (κ3) is 2.03. The molecule has 0 amide bonds. The van der Waals surface area contributed by atoms with Crippen LogP contribution >= 0.6 is 0 Å². The van der Waals surface area contributed by atoms with Crippen molar-refractivity contribution in [1.82, 2.24) is 4.90 Å². The first-order valence-corrected chi connectivity index (χ1v) is 5.28. The van der Waals surface area contributed by atoms with Gasteiger partial charge < -0.3 is 15.4 Å². The Bertz CT molecular complexity index is 164. The molecular formula is C10H20N2O. The maximum atomic E-state index is 5.99. The molecule has 2 rings (SSSR count). The van der Waals surface area contributed by atoms with Crippen molar-refractivity contribution < 1.29 is 4.74 Å². The molecule has 0 bridgehead atoms. The first-order valence-electron chi connectivity index (χ1n) is 5.28. The van der Waals surface area contributed by atoms with E-state index in [-0.39, 0.29) is 5.60 Å². The van der Waals surface area contributed by atoms with Gasteiger partial charge in [0.15, 0.2) is 0 Å². The predicted octanol–water partition coefficient (Wildman–Crippen LogP) is 0.588. The molecule has 0 aromatic heterocycles. The average molecular weight is 184 g/mol. The SMILES string of the molecule is CN1CCC[C@]2(C[C@H](N)CCO2)C1. The quantitative estimate of drug-likeness (QED) is 0.599. The lowest BCUT2D eigenvalue weighted by molar-refractivity contribution is -0.117. The second-order valence-corrected chi connectivity index (χ2v) is 4.63. The molecule has 0 saturated carbocycles. The zero-order valence-electron chi connectivity index (χ0n) is 8.46. The van der Waals surface area contributed by atoms with Crippen LogP contribution in [-0.2, 0) is 4.74 Å². The molecule has 2 N–H and O–H groups in total. The van der Waals surface area contributed by atoms with Crippen LogP contribution < -0.4 is 5.73 Å². The first kappa shape index (κ1) is 9.44. The molecule has 2 atom stereocenters. The van der Waals surface area contributed by atoms with E-state index in [9.17, 15) is 0 Å². The minimum atomic E-state index is 0.102. The number of rotatable bonds is 0. The number of likely N-dealkylation sites (tertiary alicyclic amines) is 1. The van der Waals surface area contributed by atoms with E-state index in [1.165, 1.54) is 19.4 Å². The second-order valence-electron chi connectivity index (χ2n) is 4.63. The molecule has 1 spiro atoms. The molecule has 3 nitrogen and oxygen atoms in total. The summed E-state index contributed by atoms with van der Waals surface area (Å²) in [4.78, 5) is 2.36. The van der Waals surface area contributed by atoms with Crippen molar-refractivity contribution in [2.75, 3.05) is 26.7 Å². The lowest BCUT2D eigenvalue weighted by Crippen LogP contribution is -2.54. The molecule has 2 saturated heterocycles. The van der Waals surface area contributed by atoms with Crippen molar-refractivity contribution in [3.05, 3.63) is 0 Å². The number of nitrogens with zero attached hydrogens (tertiary/aromatic N) is 1. The van der Waals surface area contributed by atoms with E-state index >= 15 is 0 Å². The van der Waals surface area contributed by atoms with Crippen LogP contribution in [0.5, 0.6) is 0 Å². The standard InChI is InChI=1S/C10H20N2O/c1-12-5-2-4-10(8-12)7-9(11)3-6-13-10/h9H,2-8,11H2,1H3/t9-,10+/m1/s1. The predicted molar refractivity (Wildman–Crippen MR) is 52.6 cm³/mol. The molecule has 2 aliphatic rings. The minimum Gasteiger partial charge on any atom is -0.374 e. The molecule has 0 radical (unpaired) electrons. The Kier molecular flexibility index (Phi) is 2.58. The Hall–Kier alpha value is -0.120. The van der Waals surface area contributed by atoms with Crippen LogP contribution in [0.3, 0.4) is 0 Å². The highest BCUT2D eigenvalue weighted by Gasteiger charge is 2.39. The number of nitrogens with two attached hydrogens (primary N) is 1. The summed E-state index contributed by atoms with van der Waals surface area (Å²) >= 11 is 0. The maximum absolute atomic E-state index is 5.99. The highest BCUT2D eigenvalue weighted by Crippen LogP contribution is 2.32. The van der Waals surface area contributed by atoms with E-state index < -0.39 is 0 Å². The van der Waals surface area contributed by atoms with E-state index in [2.05, 4.69) is 11.9 Å². The number of piperidine rings is 1. The summed E-state index contributed by atoms with van der Waals surface area (Å²) in [7, 11) is 2.17. The van der Waals surface area contributed by atoms with Gasteiger partial charge in [-0.2, -0.15) is 0 Å². The van der Waals surface area contributed by atoms with Gasteiger partial charge in [-0.15, -0.1) is 0 Å². The van der Waals surface area contributed by atoms with Crippen LogP contribution in [0, 0.1) is 0 Å². The van der Waals surface area contributed by atoms with E-state index in [0.717, 1.165) is 26.0 Å². The Morgan fingerprint density at radius 3 is 3.08 bits per heavy atom. The van der Waals surface area contributed by atoms with Gasteiger partial charge in [-0.25, -0.2) is 0 Å². The highest BCUT2D eigenvalue weighted by molar-refractivity contribution is 4.93. The first-order chi connectivity index (χ1) is 6.20. The fourth-order valence-electron chi connectivity index (χ4n) is 2.67. The molecular weight excluding hydrogens is 164 g/mol. The molecule has 0 aromatic carbocycles. The van der Waals surface area contributed by atoms with E-state index in [1.807, 2.05) is 0 Å². The Morgan fingerprint density at radius 1 is 1.54 bits per heavy atom. The molecule has 2 heterocycles. The van der Waals surface area contributed by atoms with Crippen LogP contribution in [0.1, 0.15) is 25.7 Å². The summed E-state index contributed by atoms with van der Waals surface area (Å²) < 4.78 is 5.93. The minimum absolute atomic E-state index is 0.102. The topological polar surface area (TPSA) is 38.5 Å². The van der Waals surface area contributed by atoms with Crippen molar-refractivity contribution in [2.45, 2.75) is 37.3 Å². The summed E-state index contributed by atoms with van der Waals surface area (Å²) in [5.41, 5.74) is 6.09. The summed E-state index contributed by atoms with van der Waals surface area (Å²) in [6.07, 6.45) is 4.54. The van der Waals surface area contributed by atoms with Crippen molar-refractivity contribution in [3.8, 4) is 0 Å². The largest absolute Gasteiger partial charge is 0.374 e. The molecule has 13 heavy (non-hydrogen) atoms. The van der Waals surface area contributed by atoms with Crippen molar-refractivity contribution >= 4 is 0 Å². The molecule has 0 aliphatic carbocycles. The van der Waals surface area contributed by atoms with Crippen LogP contribution in [0.25, 0.3) is 0 Å².